The molecule has 290 valence electrons. The molecule has 9 aromatic carbocycles. The van der Waals surface area contributed by atoms with Crippen molar-refractivity contribution in [2.45, 2.75) is 19.3 Å². The van der Waals surface area contributed by atoms with Crippen LogP contribution in [0.1, 0.15) is 30.5 Å². The van der Waals surface area contributed by atoms with Crippen molar-refractivity contribution in [3.63, 3.8) is 0 Å². The first-order valence-electron chi connectivity index (χ1n) is 21.0. The number of hydrogen-bond donors (Lipinski definition) is 0. The fraction of sp³-hybridized carbons (Fsp3) is 0.0526. The lowest BCUT2D eigenvalue weighted by atomic mass is 9.80. The number of para-hydroxylation sites is 3. The summed E-state index contributed by atoms with van der Waals surface area (Å²) in [5, 5.41) is 18.0. The predicted molar refractivity (Wildman–Crippen MR) is 256 cm³/mol. The third kappa shape index (κ3) is 4.94. The van der Waals surface area contributed by atoms with Crippen molar-refractivity contribution in [3.05, 3.63) is 216 Å². The van der Waals surface area contributed by atoms with Crippen molar-refractivity contribution >= 4 is 77.1 Å². The molecule has 0 radical (unpaired) electrons. The van der Waals surface area contributed by atoms with Crippen molar-refractivity contribution in [3.8, 4) is 28.6 Å². The van der Waals surface area contributed by atoms with E-state index in [1.54, 1.807) is 0 Å². The van der Waals surface area contributed by atoms with E-state index < -0.39 is 0 Å². The van der Waals surface area contributed by atoms with E-state index in [-0.39, 0.29) is 5.41 Å². The monoisotopic (exact) mass is 791 g/mol. The second kappa shape index (κ2) is 13.3. The minimum Gasteiger partial charge on any atom is -0.319 e. The minimum absolute atomic E-state index is 0.302. The number of nitrogens with zero attached hydrogens (tertiary/aromatic N) is 5. The average Bonchev–Trinajstić information content (AvgIpc) is 3.92. The van der Waals surface area contributed by atoms with Gasteiger partial charge in [-0.1, -0.05) is 129 Å². The van der Waals surface area contributed by atoms with Crippen LogP contribution in [0.3, 0.4) is 0 Å². The van der Waals surface area contributed by atoms with Gasteiger partial charge in [0.1, 0.15) is 6.07 Å². The highest BCUT2D eigenvalue weighted by atomic mass is 15.1. The highest BCUT2D eigenvalue weighted by Gasteiger charge is 2.38. The Morgan fingerprint density at radius 3 is 1.89 bits per heavy atom. The first-order valence-corrected chi connectivity index (χ1v) is 21.0. The van der Waals surface area contributed by atoms with E-state index in [1.165, 1.54) is 22.3 Å². The average molecular weight is 792 g/mol. The van der Waals surface area contributed by atoms with Crippen molar-refractivity contribution < 1.29 is 0 Å². The molecule has 0 amide bonds. The van der Waals surface area contributed by atoms with Gasteiger partial charge in [-0.2, -0.15) is 5.26 Å². The van der Waals surface area contributed by atoms with Gasteiger partial charge in [0.25, 0.3) is 0 Å². The maximum atomic E-state index is 11.2. The number of aromatic nitrogens is 2. The Kier molecular flexibility index (Phi) is 7.64. The Hall–Kier alpha value is -8.38. The summed E-state index contributed by atoms with van der Waals surface area (Å²) in [4.78, 5) is 6.52. The Morgan fingerprint density at radius 1 is 0.516 bits per heavy atom. The van der Waals surface area contributed by atoms with Gasteiger partial charge in [-0.15, -0.1) is 0 Å². The minimum atomic E-state index is -0.302. The second-order valence-electron chi connectivity index (χ2n) is 16.7. The van der Waals surface area contributed by atoms with Gasteiger partial charge in [0.05, 0.1) is 45.6 Å². The SMILES string of the molecule is [C-]#[N+]c1cc(-n2c3ccc(N(c4ccccc4)c4ccccc4)cc3c3c4c(ccc32)-c2ccccc2C4(C)C)c(C#N)cc1-n1c2ccccc2c2c3ccccc3ccc21. The van der Waals surface area contributed by atoms with E-state index >= 15 is 0 Å². The first-order chi connectivity index (χ1) is 30.5. The number of benzene rings is 9. The zero-order valence-corrected chi connectivity index (χ0v) is 34.1. The molecule has 0 fully saturated rings. The molecule has 0 saturated carbocycles. The maximum Gasteiger partial charge on any atom is 0.212 e. The summed E-state index contributed by atoms with van der Waals surface area (Å²) in [6, 6.07) is 68.4. The molecule has 5 nitrogen and oxygen atoms in total. The summed E-state index contributed by atoms with van der Waals surface area (Å²) in [6.45, 7) is 13.3. The normalized spacial score (nSPS) is 12.8. The zero-order chi connectivity index (χ0) is 41.7. The van der Waals surface area contributed by atoms with Crippen LogP contribution < -0.4 is 4.90 Å². The van der Waals surface area contributed by atoms with Crippen molar-refractivity contribution in [2.24, 2.45) is 0 Å². The molecule has 0 unspecified atom stereocenters. The van der Waals surface area contributed by atoms with E-state index in [0.717, 1.165) is 71.4 Å². The predicted octanol–water partition coefficient (Wildman–Crippen LogP) is 15.2. The fourth-order valence-electron chi connectivity index (χ4n) is 10.5. The Bertz CT molecular complexity index is 3700. The molecule has 0 spiro atoms. The molecule has 0 aliphatic heterocycles. The van der Waals surface area contributed by atoms with Gasteiger partial charge in [0.15, 0.2) is 0 Å². The van der Waals surface area contributed by atoms with Gasteiger partial charge < -0.3 is 14.0 Å². The van der Waals surface area contributed by atoms with Gasteiger partial charge in [-0.3, -0.25) is 0 Å². The van der Waals surface area contributed by atoms with E-state index in [9.17, 15) is 5.26 Å². The number of hydrogen-bond acceptors (Lipinski definition) is 2. The van der Waals surface area contributed by atoms with Crippen LogP contribution in [0.15, 0.2) is 188 Å². The van der Waals surface area contributed by atoms with Crippen LogP contribution in [0.25, 0.3) is 81.7 Å². The van der Waals surface area contributed by atoms with E-state index in [2.05, 4.69) is 197 Å². The number of fused-ring (bicyclic) bond motifs is 12. The van der Waals surface area contributed by atoms with Crippen LogP contribution >= 0.6 is 0 Å². The van der Waals surface area contributed by atoms with Crippen molar-refractivity contribution in [1.82, 2.24) is 9.13 Å². The number of rotatable bonds is 5. The van der Waals surface area contributed by atoms with E-state index in [4.69, 9.17) is 6.57 Å². The standard InChI is InChI=1S/C57H37N5/c1-57(2)46-24-14-12-22-42(46)43-28-31-51-55(56(43)57)45-33-40(60(38-17-6-4-7-18-38)39-19-8-5-9-20-39)27-30-49(45)61(51)52-34-47(59-3)53(32-37(52)35-58)62-48-25-15-13-23-44(48)54-41-21-11-10-16-36(41)26-29-50(54)62/h4-34H,1-2H3. The highest BCUT2D eigenvalue weighted by Crippen LogP contribution is 2.54. The van der Waals surface area contributed by atoms with Gasteiger partial charge in [0, 0.05) is 44.0 Å². The van der Waals surface area contributed by atoms with E-state index in [0.29, 0.717) is 22.6 Å². The lowest BCUT2D eigenvalue weighted by Gasteiger charge is -2.26. The van der Waals surface area contributed by atoms with Gasteiger partial charge >= 0.3 is 0 Å². The summed E-state index contributed by atoms with van der Waals surface area (Å²) < 4.78 is 4.39. The molecule has 0 bridgehead atoms. The molecule has 1 aliphatic rings. The van der Waals surface area contributed by atoms with Gasteiger partial charge in [-0.05, 0) is 106 Å². The second-order valence-corrected chi connectivity index (χ2v) is 16.7. The van der Waals surface area contributed by atoms with Gasteiger partial charge in [-0.25, -0.2) is 4.85 Å². The lowest BCUT2D eigenvalue weighted by molar-refractivity contribution is 0.666. The van der Waals surface area contributed by atoms with Crippen LogP contribution in [0.2, 0.25) is 0 Å². The first kappa shape index (κ1) is 35.6. The molecular formula is C57H37N5. The van der Waals surface area contributed by atoms with E-state index in [1.807, 2.05) is 30.3 Å². The molecular weight excluding hydrogens is 755 g/mol. The molecule has 0 atom stereocenters. The molecule has 5 heteroatoms. The third-order valence-electron chi connectivity index (χ3n) is 13.1. The van der Waals surface area contributed by atoms with Crippen LogP contribution in [0, 0.1) is 17.9 Å². The van der Waals surface area contributed by atoms with Gasteiger partial charge in [0.2, 0.25) is 5.69 Å². The molecule has 2 aromatic heterocycles. The molecule has 11 aromatic rings. The topological polar surface area (TPSA) is 41.2 Å². The molecule has 1 aliphatic carbocycles. The van der Waals surface area contributed by atoms with Crippen molar-refractivity contribution in [1.29, 1.82) is 5.26 Å². The van der Waals surface area contributed by atoms with Crippen LogP contribution in [-0.4, -0.2) is 9.13 Å². The summed E-state index contributed by atoms with van der Waals surface area (Å²) in [5.74, 6) is 0. The van der Waals surface area contributed by atoms with Crippen LogP contribution in [0.5, 0.6) is 0 Å². The molecule has 0 saturated heterocycles. The quantitative estimate of drug-likeness (QED) is 0.163. The summed E-state index contributed by atoms with van der Waals surface area (Å²) >= 11 is 0. The smallest absolute Gasteiger partial charge is 0.212 e. The Labute approximate surface area is 359 Å². The molecule has 12 rings (SSSR count). The summed E-state index contributed by atoms with van der Waals surface area (Å²) in [7, 11) is 0. The zero-order valence-electron chi connectivity index (χ0n) is 34.1. The highest BCUT2D eigenvalue weighted by molar-refractivity contribution is 6.21. The molecule has 0 N–H and O–H groups in total. The maximum absolute atomic E-state index is 11.2. The number of anilines is 3. The lowest BCUT2D eigenvalue weighted by Crippen LogP contribution is -2.15. The Balaban J connectivity index is 1.16. The summed E-state index contributed by atoms with van der Waals surface area (Å²) in [5.41, 5.74) is 14.1. The fourth-order valence-corrected chi connectivity index (χ4v) is 10.5. The Morgan fingerprint density at radius 2 is 1.13 bits per heavy atom. The van der Waals surface area contributed by atoms with Crippen LogP contribution in [-0.2, 0) is 5.41 Å². The molecule has 62 heavy (non-hydrogen) atoms. The summed E-state index contributed by atoms with van der Waals surface area (Å²) in [6.07, 6.45) is 0. The van der Waals surface area contributed by atoms with Crippen molar-refractivity contribution in [2.75, 3.05) is 4.90 Å². The third-order valence-corrected chi connectivity index (χ3v) is 13.1. The number of nitriles is 1. The van der Waals surface area contributed by atoms with Crippen LogP contribution in [0.4, 0.5) is 22.7 Å². The largest absolute Gasteiger partial charge is 0.319 e. The molecule has 2 heterocycles.